The van der Waals surface area contributed by atoms with E-state index in [4.69, 9.17) is 0 Å². The summed E-state index contributed by atoms with van der Waals surface area (Å²) in [4.78, 5) is 8.54. The highest BCUT2D eigenvalue weighted by Gasteiger charge is 2.33. The molecule has 0 aliphatic carbocycles. The molecular formula is C18H23F4IN4S. The number of nitrogens with one attached hydrogen (secondary N) is 2. The maximum absolute atomic E-state index is 13.2. The summed E-state index contributed by atoms with van der Waals surface area (Å²) in [5.41, 5.74) is -0.277. The molecule has 1 aromatic heterocycles. The fourth-order valence-electron chi connectivity index (χ4n) is 2.27. The summed E-state index contributed by atoms with van der Waals surface area (Å²) in [6, 6.07) is 2.62. The Labute approximate surface area is 182 Å². The van der Waals surface area contributed by atoms with E-state index in [1.54, 1.807) is 11.3 Å². The summed E-state index contributed by atoms with van der Waals surface area (Å²) in [5.74, 6) is -0.593. The molecule has 0 bridgehead atoms. The standard InChI is InChI=1S/C18H22F4N4S.HI/c1-17(2,3)15-26-13(10-27-15)9-25-16(23-4)24-8-11-5-6-12(19)7-14(11)18(20,21)22;/h5-7,10H,8-9H2,1-4H3,(H2,23,24,25);1H. The Bertz CT molecular complexity index is 813. The van der Waals surface area contributed by atoms with Gasteiger partial charge in [0, 0.05) is 24.4 Å². The molecule has 0 radical (unpaired) electrons. The van der Waals surface area contributed by atoms with E-state index in [1.165, 1.54) is 7.05 Å². The quantitative estimate of drug-likeness (QED) is 0.251. The number of thiazole rings is 1. The maximum Gasteiger partial charge on any atom is 0.416 e. The number of nitrogens with zero attached hydrogens (tertiary/aromatic N) is 2. The Morgan fingerprint density at radius 1 is 1.14 bits per heavy atom. The molecule has 4 nitrogen and oxygen atoms in total. The second-order valence-corrected chi connectivity index (χ2v) is 7.83. The van der Waals surface area contributed by atoms with Crippen LogP contribution in [0.1, 0.15) is 42.6 Å². The van der Waals surface area contributed by atoms with Crippen LogP contribution in [0.15, 0.2) is 28.6 Å². The van der Waals surface area contributed by atoms with Crippen molar-refractivity contribution < 1.29 is 17.6 Å². The number of rotatable bonds is 4. The molecule has 0 amide bonds. The maximum atomic E-state index is 13.2. The predicted octanol–water partition coefficient (Wildman–Crippen LogP) is 5.08. The van der Waals surface area contributed by atoms with Crippen molar-refractivity contribution in [2.24, 2.45) is 4.99 Å². The Morgan fingerprint density at radius 2 is 1.79 bits per heavy atom. The van der Waals surface area contributed by atoms with Crippen LogP contribution in [0.2, 0.25) is 0 Å². The Morgan fingerprint density at radius 3 is 2.32 bits per heavy atom. The minimum atomic E-state index is -4.62. The first-order valence-electron chi connectivity index (χ1n) is 8.25. The molecule has 0 saturated carbocycles. The van der Waals surface area contributed by atoms with Crippen molar-refractivity contribution in [3.8, 4) is 0 Å². The van der Waals surface area contributed by atoms with E-state index in [0.29, 0.717) is 18.6 Å². The molecule has 0 unspecified atom stereocenters. The minimum Gasteiger partial charge on any atom is -0.352 e. The van der Waals surface area contributed by atoms with Crippen LogP contribution >= 0.6 is 35.3 Å². The van der Waals surface area contributed by atoms with Gasteiger partial charge in [-0.05, 0) is 17.7 Å². The van der Waals surface area contributed by atoms with E-state index >= 15 is 0 Å². The van der Waals surface area contributed by atoms with Gasteiger partial charge in [0.15, 0.2) is 5.96 Å². The summed E-state index contributed by atoms with van der Waals surface area (Å²) >= 11 is 1.56. The average Bonchev–Trinajstić information content (AvgIpc) is 3.04. The van der Waals surface area contributed by atoms with E-state index in [9.17, 15) is 17.6 Å². The van der Waals surface area contributed by atoms with E-state index in [0.717, 1.165) is 22.8 Å². The van der Waals surface area contributed by atoms with Crippen molar-refractivity contribution in [2.75, 3.05) is 7.05 Å². The van der Waals surface area contributed by atoms with Crippen molar-refractivity contribution >= 4 is 41.3 Å². The summed E-state index contributed by atoms with van der Waals surface area (Å²) in [6.07, 6.45) is -4.62. The highest BCUT2D eigenvalue weighted by Crippen LogP contribution is 2.32. The van der Waals surface area contributed by atoms with Crippen molar-refractivity contribution in [3.05, 3.63) is 51.2 Å². The number of alkyl halides is 3. The van der Waals surface area contributed by atoms with Crippen LogP contribution in [0.25, 0.3) is 0 Å². The first-order valence-corrected chi connectivity index (χ1v) is 9.13. The Hall–Kier alpha value is -1.43. The normalized spacial score (nSPS) is 12.5. The molecule has 1 heterocycles. The lowest BCUT2D eigenvalue weighted by Gasteiger charge is -2.16. The number of aliphatic imine (C=N–C) groups is 1. The van der Waals surface area contributed by atoms with Crippen LogP contribution in [0, 0.1) is 5.82 Å². The van der Waals surface area contributed by atoms with Crippen molar-refractivity contribution in [3.63, 3.8) is 0 Å². The predicted molar refractivity (Wildman–Crippen MR) is 115 cm³/mol. The van der Waals surface area contributed by atoms with E-state index in [-0.39, 0.29) is 41.5 Å². The third-order valence-electron chi connectivity index (χ3n) is 3.68. The van der Waals surface area contributed by atoms with Crippen molar-refractivity contribution in [1.29, 1.82) is 0 Å². The van der Waals surface area contributed by atoms with Gasteiger partial charge in [0.25, 0.3) is 0 Å². The monoisotopic (exact) mass is 530 g/mol. The van der Waals surface area contributed by atoms with Crippen LogP contribution in [-0.4, -0.2) is 18.0 Å². The SMILES string of the molecule is CN=C(NCc1csc(C(C)(C)C)n1)NCc1ccc(F)cc1C(F)(F)F.I. The lowest BCUT2D eigenvalue weighted by atomic mass is 9.98. The van der Waals surface area contributed by atoms with Crippen LogP contribution < -0.4 is 10.6 Å². The number of aromatic nitrogens is 1. The first-order chi connectivity index (χ1) is 12.5. The van der Waals surface area contributed by atoms with Gasteiger partial charge in [0.05, 0.1) is 22.8 Å². The third kappa shape index (κ3) is 6.87. The summed E-state index contributed by atoms with van der Waals surface area (Å²) < 4.78 is 52.3. The van der Waals surface area contributed by atoms with E-state index in [2.05, 4.69) is 41.4 Å². The fraction of sp³-hybridized carbons (Fsp3) is 0.444. The first kappa shape index (κ1) is 24.6. The number of benzene rings is 1. The molecule has 0 atom stereocenters. The summed E-state index contributed by atoms with van der Waals surface area (Å²) in [5, 5.41) is 8.77. The Kier molecular flexibility index (Phi) is 8.66. The van der Waals surface area contributed by atoms with Crippen molar-refractivity contribution in [1.82, 2.24) is 15.6 Å². The molecule has 2 N–H and O–H groups in total. The largest absolute Gasteiger partial charge is 0.416 e. The molecule has 10 heteroatoms. The smallest absolute Gasteiger partial charge is 0.352 e. The van der Waals surface area contributed by atoms with Gasteiger partial charge < -0.3 is 10.6 Å². The molecule has 0 aliphatic rings. The van der Waals surface area contributed by atoms with Crippen LogP contribution in [-0.2, 0) is 24.7 Å². The van der Waals surface area contributed by atoms with E-state index in [1.807, 2.05) is 5.38 Å². The molecule has 2 rings (SSSR count). The van der Waals surface area contributed by atoms with Gasteiger partial charge >= 0.3 is 6.18 Å². The summed E-state index contributed by atoms with van der Waals surface area (Å²) in [6.45, 7) is 6.47. The zero-order valence-electron chi connectivity index (χ0n) is 15.9. The average molecular weight is 530 g/mol. The van der Waals surface area contributed by atoms with Gasteiger partial charge in [-0.25, -0.2) is 9.37 Å². The zero-order chi connectivity index (χ0) is 20.2. The zero-order valence-corrected chi connectivity index (χ0v) is 19.1. The lowest BCUT2D eigenvalue weighted by Crippen LogP contribution is -2.36. The number of hydrogen-bond donors (Lipinski definition) is 2. The highest BCUT2D eigenvalue weighted by molar-refractivity contribution is 14.0. The third-order valence-corrected chi connectivity index (χ3v) is 4.99. The minimum absolute atomic E-state index is 0. The van der Waals surface area contributed by atoms with E-state index < -0.39 is 17.6 Å². The molecule has 156 valence electrons. The molecule has 0 saturated heterocycles. The highest BCUT2D eigenvalue weighted by atomic mass is 127. The topological polar surface area (TPSA) is 49.3 Å². The van der Waals surface area contributed by atoms with Gasteiger partial charge in [-0.3, -0.25) is 4.99 Å². The summed E-state index contributed by atoms with van der Waals surface area (Å²) in [7, 11) is 1.52. The van der Waals surface area contributed by atoms with Gasteiger partial charge in [0.1, 0.15) is 5.82 Å². The molecule has 0 spiro atoms. The number of guanidine groups is 1. The van der Waals surface area contributed by atoms with Crippen LogP contribution in [0.3, 0.4) is 0 Å². The molecule has 0 fully saturated rings. The van der Waals surface area contributed by atoms with Gasteiger partial charge in [-0.15, -0.1) is 35.3 Å². The fourth-order valence-corrected chi connectivity index (χ4v) is 3.18. The molecule has 28 heavy (non-hydrogen) atoms. The lowest BCUT2D eigenvalue weighted by molar-refractivity contribution is -0.138. The molecule has 0 aliphatic heterocycles. The van der Waals surface area contributed by atoms with Crippen molar-refractivity contribution in [2.45, 2.75) is 45.5 Å². The van der Waals surface area contributed by atoms with Crippen LogP contribution in [0.5, 0.6) is 0 Å². The van der Waals surface area contributed by atoms with Gasteiger partial charge in [-0.2, -0.15) is 13.2 Å². The molecule has 1 aromatic carbocycles. The molecule has 2 aromatic rings. The Balaban J connectivity index is 0.00000392. The second kappa shape index (κ2) is 9.86. The molecular weight excluding hydrogens is 507 g/mol. The second-order valence-electron chi connectivity index (χ2n) is 6.97. The number of hydrogen-bond acceptors (Lipinski definition) is 3. The van der Waals surface area contributed by atoms with Gasteiger partial charge in [0.2, 0.25) is 0 Å². The number of halogens is 5. The van der Waals surface area contributed by atoms with Crippen LogP contribution in [0.4, 0.5) is 17.6 Å². The van der Waals surface area contributed by atoms with Gasteiger partial charge in [-0.1, -0.05) is 26.8 Å².